The maximum Gasteiger partial charge on any atom is 0.350 e. The highest BCUT2D eigenvalue weighted by molar-refractivity contribution is 6.45. The number of halogens is 2. The van der Waals surface area contributed by atoms with Crippen LogP contribution in [0.3, 0.4) is 0 Å². The third-order valence-corrected chi connectivity index (χ3v) is 1.07. The van der Waals surface area contributed by atoms with E-state index in [4.69, 9.17) is 23.2 Å². The van der Waals surface area contributed by atoms with Gasteiger partial charge in [-0.2, -0.15) is 0 Å². The molecule has 0 aromatic heterocycles. The zero-order valence-corrected chi connectivity index (χ0v) is 5.66. The SMILES string of the molecule is COC(=O)C(Cl)=CCl. The van der Waals surface area contributed by atoms with Gasteiger partial charge in [0.15, 0.2) is 0 Å². The molecule has 4 heteroatoms. The average molecular weight is 155 g/mol. The van der Waals surface area contributed by atoms with Crippen LogP contribution in [0.4, 0.5) is 0 Å². The Morgan fingerprint density at radius 2 is 2.25 bits per heavy atom. The van der Waals surface area contributed by atoms with Gasteiger partial charge in [-0.05, 0) is 0 Å². The van der Waals surface area contributed by atoms with Gasteiger partial charge >= 0.3 is 5.97 Å². The molecule has 0 aliphatic rings. The highest BCUT2D eigenvalue weighted by Gasteiger charge is 2.02. The fraction of sp³-hybridized carbons (Fsp3) is 0.250. The van der Waals surface area contributed by atoms with Crippen molar-refractivity contribution in [2.24, 2.45) is 0 Å². The third kappa shape index (κ3) is 2.19. The summed E-state index contributed by atoms with van der Waals surface area (Å²) in [5, 5.41) is -0.117. The summed E-state index contributed by atoms with van der Waals surface area (Å²) in [5.41, 5.74) is 0.952. The Bertz CT molecular complexity index is 119. The van der Waals surface area contributed by atoms with Gasteiger partial charge in [0, 0.05) is 5.54 Å². The molecule has 0 aromatic carbocycles. The van der Waals surface area contributed by atoms with E-state index in [1.165, 1.54) is 7.11 Å². The van der Waals surface area contributed by atoms with Gasteiger partial charge in [0.1, 0.15) is 5.03 Å². The Morgan fingerprint density at radius 1 is 1.75 bits per heavy atom. The van der Waals surface area contributed by atoms with E-state index < -0.39 is 5.97 Å². The third-order valence-electron chi connectivity index (χ3n) is 0.476. The van der Waals surface area contributed by atoms with Crippen molar-refractivity contribution in [3.8, 4) is 0 Å². The van der Waals surface area contributed by atoms with E-state index >= 15 is 0 Å². The number of esters is 1. The second-order valence-corrected chi connectivity index (χ2v) is 1.57. The maximum absolute atomic E-state index is 10.2. The molecule has 0 fully saturated rings. The summed E-state index contributed by atoms with van der Waals surface area (Å²) in [6, 6.07) is 0. The van der Waals surface area contributed by atoms with E-state index in [1.54, 1.807) is 0 Å². The number of methoxy groups -OCH3 is 1. The Balaban J connectivity index is 3.83. The van der Waals surface area contributed by atoms with E-state index in [0.29, 0.717) is 0 Å². The molecule has 0 aromatic rings. The minimum atomic E-state index is -0.623. The topological polar surface area (TPSA) is 26.3 Å². The number of carbonyl (C=O) groups is 1. The van der Waals surface area contributed by atoms with Crippen molar-refractivity contribution in [3.63, 3.8) is 0 Å². The quantitative estimate of drug-likeness (QED) is 0.423. The Kier molecular flexibility index (Phi) is 3.65. The molecule has 0 atom stereocenters. The molecule has 0 radical (unpaired) electrons. The number of ether oxygens (including phenoxy) is 1. The molecular weight excluding hydrogens is 151 g/mol. The van der Waals surface area contributed by atoms with Crippen molar-refractivity contribution < 1.29 is 9.53 Å². The Hall–Kier alpha value is -0.210. The number of hydrogen-bond acceptors (Lipinski definition) is 2. The Labute approximate surface area is 57.0 Å². The molecule has 0 N–H and O–H groups in total. The first kappa shape index (κ1) is 7.79. The zero-order chi connectivity index (χ0) is 6.57. The summed E-state index contributed by atoms with van der Waals surface area (Å²) >= 11 is 10.2. The highest BCUT2D eigenvalue weighted by Crippen LogP contribution is 2.03. The molecule has 0 heterocycles. The molecule has 0 saturated heterocycles. The van der Waals surface area contributed by atoms with Crippen LogP contribution < -0.4 is 0 Å². The zero-order valence-electron chi connectivity index (χ0n) is 4.15. The van der Waals surface area contributed by atoms with Crippen molar-refractivity contribution in [1.82, 2.24) is 0 Å². The van der Waals surface area contributed by atoms with Gasteiger partial charge in [-0.25, -0.2) is 4.79 Å². The van der Waals surface area contributed by atoms with Gasteiger partial charge in [-0.3, -0.25) is 0 Å². The van der Waals surface area contributed by atoms with Crippen LogP contribution in [0.5, 0.6) is 0 Å². The van der Waals surface area contributed by atoms with Crippen LogP contribution in [0.15, 0.2) is 10.6 Å². The second kappa shape index (κ2) is 3.75. The van der Waals surface area contributed by atoms with Crippen LogP contribution in [0, 0.1) is 0 Å². The van der Waals surface area contributed by atoms with Crippen LogP contribution in [-0.2, 0) is 9.53 Å². The molecule has 0 aliphatic carbocycles. The fourth-order valence-electron chi connectivity index (χ4n) is 0.142. The van der Waals surface area contributed by atoms with Gasteiger partial charge in [-0.15, -0.1) is 0 Å². The molecule has 0 amide bonds. The first-order valence-electron chi connectivity index (χ1n) is 1.76. The summed E-state index contributed by atoms with van der Waals surface area (Å²) in [6.45, 7) is 0. The van der Waals surface area contributed by atoms with Gasteiger partial charge in [-0.1, -0.05) is 23.2 Å². The van der Waals surface area contributed by atoms with E-state index in [-0.39, 0.29) is 5.03 Å². The highest BCUT2D eigenvalue weighted by atomic mass is 35.5. The molecular formula is C4H4Cl2O2. The lowest BCUT2D eigenvalue weighted by atomic mass is 10.6. The summed E-state index contributed by atoms with van der Waals surface area (Å²) in [5.74, 6) is -0.623. The monoisotopic (exact) mass is 154 g/mol. The fourth-order valence-corrected chi connectivity index (χ4v) is 0.308. The van der Waals surface area contributed by atoms with Crippen molar-refractivity contribution in [2.75, 3.05) is 7.11 Å². The predicted molar refractivity (Wildman–Crippen MR) is 31.8 cm³/mol. The van der Waals surface area contributed by atoms with Crippen molar-refractivity contribution in [3.05, 3.63) is 10.6 Å². The summed E-state index contributed by atoms with van der Waals surface area (Å²) in [7, 11) is 1.23. The summed E-state index contributed by atoms with van der Waals surface area (Å²) in [6.07, 6.45) is 0. The lowest BCUT2D eigenvalue weighted by Gasteiger charge is -1.90. The van der Waals surface area contributed by atoms with Crippen LogP contribution in [0.1, 0.15) is 0 Å². The Morgan fingerprint density at radius 3 is 2.38 bits per heavy atom. The van der Waals surface area contributed by atoms with Crippen LogP contribution >= 0.6 is 23.2 Å². The molecule has 2 nitrogen and oxygen atoms in total. The predicted octanol–water partition coefficient (Wildman–Crippen LogP) is 1.48. The lowest BCUT2D eigenvalue weighted by molar-refractivity contribution is -0.135. The smallest absolute Gasteiger partial charge is 0.350 e. The van der Waals surface area contributed by atoms with Crippen LogP contribution in [-0.4, -0.2) is 13.1 Å². The first-order chi connectivity index (χ1) is 3.72. The van der Waals surface area contributed by atoms with Gasteiger partial charge in [0.25, 0.3) is 0 Å². The lowest BCUT2D eigenvalue weighted by Crippen LogP contribution is -1.98. The molecule has 46 valence electrons. The minimum Gasteiger partial charge on any atom is -0.465 e. The standard InChI is InChI=1S/C4H4Cl2O2/c1-8-4(7)3(6)2-5/h2H,1H3. The van der Waals surface area contributed by atoms with Crippen LogP contribution in [0.25, 0.3) is 0 Å². The van der Waals surface area contributed by atoms with Gasteiger partial charge < -0.3 is 4.74 Å². The van der Waals surface area contributed by atoms with Gasteiger partial charge in [0.05, 0.1) is 7.11 Å². The number of hydrogen-bond donors (Lipinski definition) is 0. The minimum absolute atomic E-state index is 0.117. The molecule has 0 rings (SSSR count). The van der Waals surface area contributed by atoms with Crippen molar-refractivity contribution >= 4 is 29.2 Å². The molecule has 8 heavy (non-hydrogen) atoms. The largest absolute Gasteiger partial charge is 0.465 e. The van der Waals surface area contributed by atoms with Crippen molar-refractivity contribution in [2.45, 2.75) is 0 Å². The summed E-state index contributed by atoms with van der Waals surface area (Å²) < 4.78 is 4.18. The van der Waals surface area contributed by atoms with Crippen molar-refractivity contribution in [1.29, 1.82) is 0 Å². The average Bonchev–Trinajstić information content (AvgIpc) is 1.84. The number of rotatable bonds is 1. The normalized spacial score (nSPS) is 11.1. The van der Waals surface area contributed by atoms with E-state index in [0.717, 1.165) is 5.54 Å². The van der Waals surface area contributed by atoms with Crippen LogP contribution in [0.2, 0.25) is 0 Å². The molecule has 0 saturated carbocycles. The maximum atomic E-state index is 10.2. The second-order valence-electron chi connectivity index (χ2n) is 0.949. The molecule has 0 unspecified atom stereocenters. The molecule has 0 bridgehead atoms. The molecule has 0 aliphatic heterocycles. The van der Waals surface area contributed by atoms with E-state index in [9.17, 15) is 4.79 Å². The van der Waals surface area contributed by atoms with Gasteiger partial charge in [0.2, 0.25) is 0 Å². The summed E-state index contributed by atoms with van der Waals surface area (Å²) in [4.78, 5) is 10.2. The van der Waals surface area contributed by atoms with E-state index in [1.807, 2.05) is 0 Å². The molecule has 0 spiro atoms. The number of carbonyl (C=O) groups excluding carboxylic acids is 1. The first-order valence-corrected chi connectivity index (χ1v) is 2.58. The van der Waals surface area contributed by atoms with E-state index in [2.05, 4.69) is 4.74 Å².